The van der Waals surface area contributed by atoms with Gasteiger partial charge in [-0.2, -0.15) is 0 Å². The maximum absolute atomic E-state index is 10.3. The first kappa shape index (κ1) is 14.1. The highest BCUT2D eigenvalue weighted by molar-refractivity contribution is 5.86. The second kappa shape index (κ2) is 6.67. The number of hydrogen-bond donors (Lipinski definition) is 2. The van der Waals surface area contributed by atoms with Gasteiger partial charge < -0.3 is 10.2 Å². The molecule has 4 nitrogen and oxygen atoms in total. The van der Waals surface area contributed by atoms with Crippen molar-refractivity contribution in [3.63, 3.8) is 0 Å². The zero-order chi connectivity index (χ0) is 13.5. The van der Waals surface area contributed by atoms with E-state index in [2.05, 4.69) is 18.8 Å². The molecule has 0 fully saturated rings. The van der Waals surface area contributed by atoms with Gasteiger partial charge in [-0.3, -0.25) is 4.90 Å². The molecule has 0 aliphatic rings. The molecule has 1 aromatic rings. The maximum atomic E-state index is 10.3. The fourth-order valence-electron chi connectivity index (χ4n) is 1.52. The molecule has 1 rings (SSSR count). The van der Waals surface area contributed by atoms with Crippen molar-refractivity contribution in [1.82, 2.24) is 4.90 Å². The van der Waals surface area contributed by atoms with Gasteiger partial charge in [-0.1, -0.05) is 18.1 Å². The van der Waals surface area contributed by atoms with Crippen LogP contribution >= 0.6 is 0 Å². The quantitative estimate of drug-likeness (QED) is 0.788. The Bertz CT molecular complexity index is 456. The number of phenolic OH excluding ortho intramolecular Hbond substituents is 1. The molecule has 0 radical (unpaired) electrons. The summed E-state index contributed by atoms with van der Waals surface area (Å²) in [6, 6.07) is 7.32. The largest absolute Gasteiger partial charge is 0.508 e. The zero-order valence-corrected chi connectivity index (χ0v) is 10.6. The van der Waals surface area contributed by atoms with Crippen molar-refractivity contribution in [3.8, 4) is 17.6 Å². The standard InChI is InChI=1S/C14H17NO3/c1-11(15(2)9-3-4-14(17)18)10-12-5-7-13(16)8-6-12/h5-8,11,16H,9-10H2,1-2H3,(H,17,18)/t11-/m1/s1. The van der Waals surface area contributed by atoms with Crippen molar-refractivity contribution in [2.24, 2.45) is 0 Å². The Morgan fingerprint density at radius 1 is 1.39 bits per heavy atom. The molecular weight excluding hydrogens is 230 g/mol. The Hall–Kier alpha value is -1.99. The third kappa shape index (κ3) is 4.89. The van der Waals surface area contributed by atoms with Crippen LogP contribution < -0.4 is 0 Å². The molecule has 18 heavy (non-hydrogen) atoms. The molecule has 0 unspecified atom stereocenters. The van der Waals surface area contributed by atoms with Crippen LogP contribution in [0.2, 0.25) is 0 Å². The summed E-state index contributed by atoms with van der Waals surface area (Å²) in [6.45, 7) is 2.47. The van der Waals surface area contributed by atoms with Crippen LogP contribution in [0.25, 0.3) is 0 Å². The molecule has 0 amide bonds. The summed E-state index contributed by atoms with van der Waals surface area (Å²) in [4.78, 5) is 12.2. The van der Waals surface area contributed by atoms with Crippen LogP contribution in [0.5, 0.6) is 5.75 Å². The molecule has 0 aliphatic heterocycles. The van der Waals surface area contributed by atoms with E-state index in [1.165, 1.54) is 0 Å². The molecule has 0 aliphatic carbocycles. The molecule has 4 heteroatoms. The van der Waals surface area contributed by atoms with Crippen LogP contribution in [0.4, 0.5) is 0 Å². The smallest absolute Gasteiger partial charge is 0.381 e. The molecular formula is C14H17NO3. The number of carboxylic acid groups (broad SMARTS) is 1. The van der Waals surface area contributed by atoms with Crippen LogP contribution in [-0.2, 0) is 11.2 Å². The van der Waals surface area contributed by atoms with Crippen LogP contribution in [0.3, 0.4) is 0 Å². The van der Waals surface area contributed by atoms with Crippen molar-refractivity contribution in [2.75, 3.05) is 13.6 Å². The predicted molar refractivity (Wildman–Crippen MR) is 69.3 cm³/mol. The average Bonchev–Trinajstić information content (AvgIpc) is 2.31. The summed E-state index contributed by atoms with van der Waals surface area (Å²) >= 11 is 0. The molecule has 0 spiro atoms. The van der Waals surface area contributed by atoms with Gasteiger partial charge in [-0.25, -0.2) is 4.79 Å². The van der Waals surface area contributed by atoms with E-state index in [1.807, 2.05) is 24.1 Å². The number of carbonyl (C=O) groups is 1. The number of hydrogen-bond acceptors (Lipinski definition) is 3. The molecule has 1 atom stereocenters. The van der Waals surface area contributed by atoms with Gasteiger partial charge in [0, 0.05) is 12.0 Å². The van der Waals surface area contributed by atoms with Crippen molar-refractivity contribution in [2.45, 2.75) is 19.4 Å². The Morgan fingerprint density at radius 3 is 2.56 bits per heavy atom. The number of nitrogens with zero attached hydrogens (tertiary/aromatic N) is 1. The van der Waals surface area contributed by atoms with Crippen LogP contribution in [0.15, 0.2) is 24.3 Å². The van der Waals surface area contributed by atoms with E-state index >= 15 is 0 Å². The predicted octanol–water partition coefficient (Wildman–Crippen LogP) is 1.34. The lowest BCUT2D eigenvalue weighted by Crippen LogP contribution is -2.31. The van der Waals surface area contributed by atoms with Crippen molar-refractivity contribution >= 4 is 5.97 Å². The highest BCUT2D eigenvalue weighted by Crippen LogP contribution is 2.12. The normalized spacial score (nSPS) is 11.7. The first-order chi connectivity index (χ1) is 8.49. The van der Waals surface area contributed by atoms with E-state index in [0.29, 0.717) is 6.54 Å². The number of aromatic hydroxyl groups is 1. The summed E-state index contributed by atoms with van der Waals surface area (Å²) in [5.74, 6) is 3.85. The van der Waals surface area contributed by atoms with Gasteiger partial charge in [-0.15, -0.1) is 0 Å². The minimum atomic E-state index is -1.10. The van der Waals surface area contributed by atoms with Gasteiger partial charge >= 0.3 is 5.97 Å². The Morgan fingerprint density at radius 2 is 2.00 bits per heavy atom. The fraction of sp³-hybridized carbons (Fsp3) is 0.357. The number of phenols is 1. The summed E-state index contributed by atoms with van der Waals surface area (Å²) in [5, 5.41) is 17.6. The van der Waals surface area contributed by atoms with Gasteiger partial charge in [0.05, 0.1) is 6.54 Å². The second-order valence-electron chi connectivity index (χ2n) is 4.24. The van der Waals surface area contributed by atoms with Gasteiger partial charge in [-0.05, 0) is 38.1 Å². The topological polar surface area (TPSA) is 60.8 Å². The molecule has 0 saturated carbocycles. The zero-order valence-electron chi connectivity index (χ0n) is 10.6. The molecule has 0 saturated heterocycles. The van der Waals surface area contributed by atoms with Gasteiger partial charge in [0.25, 0.3) is 0 Å². The van der Waals surface area contributed by atoms with Crippen molar-refractivity contribution < 1.29 is 15.0 Å². The molecule has 0 heterocycles. The maximum Gasteiger partial charge on any atom is 0.381 e. The SMILES string of the molecule is C[C@H](Cc1ccc(O)cc1)N(C)CC#CC(=O)O. The van der Waals surface area contributed by atoms with Gasteiger partial charge in [0.2, 0.25) is 0 Å². The lowest BCUT2D eigenvalue weighted by atomic mass is 10.1. The minimum absolute atomic E-state index is 0.248. The van der Waals surface area contributed by atoms with Crippen molar-refractivity contribution in [3.05, 3.63) is 29.8 Å². The van der Waals surface area contributed by atoms with E-state index in [-0.39, 0.29) is 11.8 Å². The molecule has 0 aromatic heterocycles. The first-order valence-corrected chi connectivity index (χ1v) is 5.69. The number of likely N-dealkylation sites (N-methyl/N-ethyl adjacent to an activating group) is 1. The minimum Gasteiger partial charge on any atom is -0.508 e. The first-order valence-electron chi connectivity index (χ1n) is 5.69. The number of benzene rings is 1. The lowest BCUT2D eigenvalue weighted by Gasteiger charge is -2.22. The van der Waals surface area contributed by atoms with Crippen LogP contribution in [0.1, 0.15) is 12.5 Å². The summed E-state index contributed by atoms with van der Waals surface area (Å²) < 4.78 is 0. The summed E-state index contributed by atoms with van der Waals surface area (Å²) in [5.41, 5.74) is 1.12. The fourth-order valence-corrected chi connectivity index (χ4v) is 1.52. The van der Waals surface area contributed by atoms with Gasteiger partial charge in [0.1, 0.15) is 5.75 Å². The monoisotopic (exact) mass is 247 g/mol. The lowest BCUT2D eigenvalue weighted by molar-refractivity contribution is -0.130. The molecule has 0 bridgehead atoms. The van der Waals surface area contributed by atoms with E-state index in [4.69, 9.17) is 5.11 Å². The van der Waals surface area contributed by atoms with Crippen LogP contribution in [-0.4, -0.2) is 40.7 Å². The summed E-state index contributed by atoms with van der Waals surface area (Å²) in [7, 11) is 1.90. The van der Waals surface area contributed by atoms with Crippen LogP contribution in [0, 0.1) is 11.8 Å². The van der Waals surface area contributed by atoms with E-state index in [0.717, 1.165) is 12.0 Å². The van der Waals surface area contributed by atoms with E-state index < -0.39 is 5.97 Å². The number of aliphatic carboxylic acids is 1. The van der Waals surface area contributed by atoms with E-state index in [9.17, 15) is 9.90 Å². The van der Waals surface area contributed by atoms with Gasteiger partial charge in [0.15, 0.2) is 0 Å². The van der Waals surface area contributed by atoms with E-state index in [1.54, 1.807) is 12.1 Å². The highest BCUT2D eigenvalue weighted by atomic mass is 16.4. The number of rotatable bonds is 4. The molecule has 2 N–H and O–H groups in total. The molecule has 96 valence electrons. The summed E-state index contributed by atoms with van der Waals surface area (Å²) in [6.07, 6.45) is 0.825. The second-order valence-corrected chi connectivity index (χ2v) is 4.24. The number of carboxylic acids is 1. The van der Waals surface area contributed by atoms with Crippen molar-refractivity contribution in [1.29, 1.82) is 0 Å². The molecule has 1 aromatic carbocycles. The Balaban J connectivity index is 2.50. The average molecular weight is 247 g/mol. The Kier molecular flexibility index (Phi) is 5.22. The third-order valence-corrected chi connectivity index (χ3v) is 2.74. The highest BCUT2D eigenvalue weighted by Gasteiger charge is 2.08. The third-order valence-electron chi connectivity index (χ3n) is 2.74. The Labute approximate surface area is 107 Å².